The number of hydrogen-bond donors (Lipinski definition) is 1. The molecule has 0 heterocycles. The lowest BCUT2D eigenvalue weighted by molar-refractivity contribution is 0.0868. The molecule has 0 radical (unpaired) electrons. The summed E-state index contributed by atoms with van der Waals surface area (Å²) in [6, 6.07) is 6.81. The lowest BCUT2D eigenvalue weighted by atomic mass is 9.99. The Kier molecular flexibility index (Phi) is 2.85. The average Bonchev–Trinajstić information content (AvgIpc) is 2.05. The van der Waals surface area contributed by atoms with Crippen LogP contribution in [0.15, 0.2) is 28.7 Å². The second kappa shape index (κ2) is 3.54. The van der Waals surface area contributed by atoms with Gasteiger partial charge in [0, 0.05) is 4.47 Å². The van der Waals surface area contributed by atoms with Crippen molar-refractivity contribution in [2.75, 3.05) is 6.61 Å². The monoisotopic (exact) mass is 232 g/mol. The summed E-state index contributed by atoms with van der Waals surface area (Å²) in [5.41, 5.74) is -1.14. The highest BCUT2D eigenvalue weighted by molar-refractivity contribution is 9.10. The zero-order chi connectivity index (χ0) is 9.19. The van der Waals surface area contributed by atoms with Crippen molar-refractivity contribution >= 4 is 15.9 Å². The Morgan fingerprint density at radius 1 is 1.42 bits per heavy atom. The zero-order valence-electron chi connectivity index (χ0n) is 6.72. The van der Waals surface area contributed by atoms with Gasteiger partial charge in [-0.2, -0.15) is 0 Å². The van der Waals surface area contributed by atoms with E-state index in [0.29, 0.717) is 5.56 Å². The van der Waals surface area contributed by atoms with Gasteiger partial charge in [0.15, 0.2) is 5.67 Å². The lowest BCUT2D eigenvalue weighted by Crippen LogP contribution is -2.19. The maximum Gasteiger partial charge on any atom is 0.156 e. The lowest BCUT2D eigenvalue weighted by Gasteiger charge is -2.17. The average molecular weight is 233 g/mol. The predicted octanol–water partition coefficient (Wildman–Crippen LogP) is 2.63. The molecule has 0 spiro atoms. The first kappa shape index (κ1) is 9.68. The van der Waals surface area contributed by atoms with Gasteiger partial charge in [0.2, 0.25) is 0 Å². The van der Waals surface area contributed by atoms with Crippen molar-refractivity contribution in [1.29, 1.82) is 0 Å². The van der Waals surface area contributed by atoms with Crippen molar-refractivity contribution in [3.63, 3.8) is 0 Å². The Bertz CT molecular complexity index is 256. The van der Waals surface area contributed by atoms with E-state index in [2.05, 4.69) is 15.9 Å². The molecule has 1 nitrogen and oxygen atoms in total. The van der Waals surface area contributed by atoms with Crippen molar-refractivity contribution in [2.24, 2.45) is 0 Å². The molecule has 1 unspecified atom stereocenters. The highest BCUT2D eigenvalue weighted by Gasteiger charge is 2.23. The van der Waals surface area contributed by atoms with Gasteiger partial charge in [0.25, 0.3) is 0 Å². The van der Waals surface area contributed by atoms with E-state index in [0.717, 1.165) is 4.47 Å². The fourth-order valence-corrected chi connectivity index (χ4v) is 1.15. The van der Waals surface area contributed by atoms with E-state index in [9.17, 15) is 4.39 Å². The minimum Gasteiger partial charge on any atom is -0.393 e. The van der Waals surface area contributed by atoms with Crippen molar-refractivity contribution in [3.05, 3.63) is 34.3 Å². The molecule has 0 aliphatic rings. The Morgan fingerprint density at radius 2 is 1.92 bits per heavy atom. The van der Waals surface area contributed by atoms with Gasteiger partial charge in [0.1, 0.15) is 0 Å². The van der Waals surface area contributed by atoms with Gasteiger partial charge in [-0.25, -0.2) is 4.39 Å². The van der Waals surface area contributed by atoms with Crippen molar-refractivity contribution in [2.45, 2.75) is 12.6 Å². The van der Waals surface area contributed by atoms with Crippen LogP contribution in [0.1, 0.15) is 12.5 Å². The minimum absolute atomic E-state index is 0.491. The predicted molar refractivity (Wildman–Crippen MR) is 49.7 cm³/mol. The molecule has 1 N–H and O–H groups in total. The molecule has 1 atom stereocenters. The summed E-state index contributed by atoms with van der Waals surface area (Å²) in [5, 5.41) is 8.73. The highest BCUT2D eigenvalue weighted by atomic mass is 79.9. The standard InChI is InChI=1S/C9H10BrFO/c1-9(11,6-12)7-2-4-8(10)5-3-7/h2-5,12H,6H2,1H3. The van der Waals surface area contributed by atoms with Gasteiger partial charge in [-0.1, -0.05) is 28.1 Å². The molecular formula is C9H10BrFO. The molecule has 3 heteroatoms. The summed E-state index contributed by atoms with van der Waals surface area (Å²) in [4.78, 5) is 0. The Labute approximate surface area is 79.4 Å². The van der Waals surface area contributed by atoms with Crippen LogP contribution in [-0.2, 0) is 5.67 Å². The first-order chi connectivity index (χ1) is 5.56. The van der Waals surface area contributed by atoms with Gasteiger partial charge in [0.05, 0.1) is 6.61 Å². The van der Waals surface area contributed by atoms with Crippen LogP contribution >= 0.6 is 15.9 Å². The molecule has 1 aromatic carbocycles. The molecule has 66 valence electrons. The number of rotatable bonds is 2. The molecule has 0 aromatic heterocycles. The third-order valence-corrected chi connectivity index (χ3v) is 2.27. The van der Waals surface area contributed by atoms with E-state index in [-0.39, 0.29) is 0 Å². The third kappa shape index (κ3) is 2.05. The van der Waals surface area contributed by atoms with Crippen LogP contribution in [0.25, 0.3) is 0 Å². The molecule has 0 bridgehead atoms. The first-order valence-corrected chi connectivity index (χ1v) is 4.41. The number of benzene rings is 1. The maximum absolute atomic E-state index is 13.4. The molecule has 12 heavy (non-hydrogen) atoms. The van der Waals surface area contributed by atoms with Gasteiger partial charge in [-0.3, -0.25) is 0 Å². The van der Waals surface area contributed by atoms with Gasteiger partial charge in [-0.05, 0) is 24.6 Å². The Morgan fingerprint density at radius 3 is 2.33 bits per heavy atom. The van der Waals surface area contributed by atoms with E-state index in [4.69, 9.17) is 5.11 Å². The van der Waals surface area contributed by atoms with Crippen LogP contribution in [0.3, 0.4) is 0 Å². The zero-order valence-corrected chi connectivity index (χ0v) is 8.31. The van der Waals surface area contributed by atoms with E-state index in [1.54, 1.807) is 24.3 Å². The van der Waals surface area contributed by atoms with Crippen LogP contribution in [0, 0.1) is 0 Å². The van der Waals surface area contributed by atoms with Crippen LogP contribution in [-0.4, -0.2) is 11.7 Å². The molecule has 0 fully saturated rings. The normalized spacial score (nSPS) is 15.7. The van der Waals surface area contributed by atoms with Crippen LogP contribution < -0.4 is 0 Å². The first-order valence-electron chi connectivity index (χ1n) is 3.62. The fraction of sp³-hybridized carbons (Fsp3) is 0.333. The fourth-order valence-electron chi connectivity index (χ4n) is 0.889. The number of aliphatic hydroxyl groups excluding tert-OH is 1. The molecule has 0 aliphatic carbocycles. The number of hydrogen-bond acceptors (Lipinski definition) is 1. The van der Waals surface area contributed by atoms with Crippen molar-refractivity contribution < 1.29 is 9.50 Å². The molecule has 0 saturated carbocycles. The summed E-state index contributed by atoms with van der Waals surface area (Å²) in [7, 11) is 0. The molecule has 0 saturated heterocycles. The summed E-state index contributed by atoms with van der Waals surface area (Å²) < 4.78 is 14.3. The summed E-state index contributed by atoms with van der Waals surface area (Å²) >= 11 is 3.25. The van der Waals surface area contributed by atoms with Gasteiger partial charge < -0.3 is 5.11 Å². The highest BCUT2D eigenvalue weighted by Crippen LogP contribution is 2.25. The molecule has 0 amide bonds. The van der Waals surface area contributed by atoms with E-state index < -0.39 is 12.3 Å². The van der Waals surface area contributed by atoms with Gasteiger partial charge >= 0.3 is 0 Å². The Balaban J connectivity index is 2.96. The van der Waals surface area contributed by atoms with E-state index in [1.165, 1.54) is 6.92 Å². The quantitative estimate of drug-likeness (QED) is 0.832. The van der Waals surface area contributed by atoms with Gasteiger partial charge in [-0.15, -0.1) is 0 Å². The molecule has 1 rings (SSSR count). The number of alkyl halides is 1. The number of aliphatic hydroxyl groups is 1. The molecular weight excluding hydrogens is 223 g/mol. The smallest absolute Gasteiger partial charge is 0.156 e. The van der Waals surface area contributed by atoms with Crippen LogP contribution in [0.4, 0.5) is 4.39 Å². The second-order valence-electron chi connectivity index (χ2n) is 2.86. The largest absolute Gasteiger partial charge is 0.393 e. The van der Waals surface area contributed by atoms with Crippen LogP contribution in [0.5, 0.6) is 0 Å². The Hall–Kier alpha value is -0.410. The summed E-state index contributed by atoms with van der Waals surface area (Å²) in [5.74, 6) is 0. The van der Waals surface area contributed by atoms with E-state index in [1.807, 2.05) is 0 Å². The topological polar surface area (TPSA) is 20.2 Å². The van der Waals surface area contributed by atoms with E-state index >= 15 is 0 Å². The summed E-state index contributed by atoms with van der Waals surface area (Å²) in [6.07, 6.45) is 0. The molecule has 0 aliphatic heterocycles. The SMILES string of the molecule is CC(F)(CO)c1ccc(Br)cc1. The summed E-state index contributed by atoms with van der Waals surface area (Å²) in [6.45, 7) is 0.866. The van der Waals surface area contributed by atoms with Crippen LogP contribution in [0.2, 0.25) is 0 Å². The minimum atomic E-state index is -1.64. The third-order valence-electron chi connectivity index (χ3n) is 1.74. The number of halogens is 2. The second-order valence-corrected chi connectivity index (χ2v) is 3.78. The van der Waals surface area contributed by atoms with Crippen molar-refractivity contribution in [1.82, 2.24) is 0 Å². The van der Waals surface area contributed by atoms with Crippen molar-refractivity contribution in [3.8, 4) is 0 Å². The molecule has 1 aromatic rings. The maximum atomic E-state index is 13.4.